The molecule has 0 fully saturated rings. The molecular weight excluding hydrogens is 268 g/mol. The van der Waals surface area contributed by atoms with Gasteiger partial charge in [-0.15, -0.1) is 0 Å². The number of carbonyl (C=O) groups is 1. The minimum Gasteiger partial charge on any atom is -0.361 e. The number of amides is 1. The molecule has 0 aliphatic carbocycles. The van der Waals surface area contributed by atoms with Crippen LogP contribution in [0.5, 0.6) is 0 Å². The molecule has 3 rings (SSSR count). The van der Waals surface area contributed by atoms with Gasteiger partial charge in [0.25, 0.3) is 5.91 Å². The fraction of sp³-hybridized carbons (Fsp3) is 0.467. The van der Waals surface area contributed by atoms with E-state index in [0.717, 1.165) is 30.7 Å². The Morgan fingerprint density at radius 1 is 1.33 bits per heavy atom. The maximum absolute atomic E-state index is 12.4. The van der Waals surface area contributed by atoms with Crippen molar-refractivity contribution in [2.24, 2.45) is 0 Å². The molecule has 0 radical (unpaired) electrons. The molecule has 1 amide bonds. The van der Waals surface area contributed by atoms with Gasteiger partial charge < -0.3 is 9.42 Å². The highest BCUT2D eigenvalue weighted by Gasteiger charge is 2.23. The van der Waals surface area contributed by atoms with Gasteiger partial charge in [-0.2, -0.15) is 0 Å². The van der Waals surface area contributed by atoms with E-state index in [-0.39, 0.29) is 5.91 Å². The molecule has 3 heterocycles. The molecule has 2 aromatic rings. The summed E-state index contributed by atoms with van der Waals surface area (Å²) >= 11 is 0. The molecule has 2 aromatic heterocycles. The average Bonchev–Trinajstić information content (AvgIpc) is 2.81. The summed E-state index contributed by atoms with van der Waals surface area (Å²) in [6.07, 6.45) is 4.06. The van der Waals surface area contributed by atoms with Crippen LogP contribution in [0.2, 0.25) is 0 Å². The predicted molar refractivity (Wildman–Crippen MR) is 76.0 cm³/mol. The molecule has 0 aromatic carbocycles. The molecule has 0 saturated carbocycles. The van der Waals surface area contributed by atoms with Crippen LogP contribution < -0.4 is 0 Å². The van der Waals surface area contributed by atoms with Crippen molar-refractivity contribution < 1.29 is 9.32 Å². The third kappa shape index (κ3) is 2.66. The molecular formula is C15H18N4O2. The lowest BCUT2D eigenvalue weighted by molar-refractivity contribution is 0.0752. The number of hydrogen-bond acceptors (Lipinski definition) is 5. The molecule has 0 spiro atoms. The third-order valence-corrected chi connectivity index (χ3v) is 3.84. The van der Waals surface area contributed by atoms with E-state index >= 15 is 0 Å². The van der Waals surface area contributed by atoms with Crippen LogP contribution in [0.4, 0.5) is 0 Å². The van der Waals surface area contributed by atoms with Gasteiger partial charge in [0.15, 0.2) is 5.69 Å². The Morgan fingerprint density at radius 2 is 2.14 bits per heavy atom. The van der Waals surface area contributed by atoms with Crippen LogP contribution in [-0.4, -0.2) is 39.0 Å². The van der Waals surface area contributed by atoms with E-state index in [1.165, 1.54) is 5.56 Å². The molecule has 21 heavy (non-hydrogen) atoms. The number of fused-ring (bicyclic) bond motifs is 1. The first-order valence-electron chi connectivity index (χ1n) is 7.23. The Kier molecular flexibility index (Phi) is 3.68. The summed E-state index contributed by atoms with van der Waals surface area (Å²) in [4.78, 5) is 23.0. The van der Waals surface area contributed by atoms with Crippen molar-refractivity contribution in [2.45, 2.75) is 33.1 Å². The smallest absolute Gasteiger partial charge is 0.276 e. The second-order valence-electron chi connectivity index (χ2n) is 5.21. The van der Waals surface area contributed by atoms with Crippen LogP contribution in [0.15, 0.2) is 16.9 Å². The van der Waals surface area contributed by atoms with E-state index < -0.39 is 0 Å². The normalized spacial score (nSPS) is 14.7. The summed E-state index contributed by atoms with van der Waals surface area (Å²) in [6, 6.07) is 1.68. The van der Waals surface area contributed by atoms with Gasteiger partial charge in [-0.25, -0.2) is 9.97 Å². The third-order valence-electron chi connectivity index (χ3n) is 3.84. The van der Waals surface area contributed by atoms with Gasteiger partial charge in [-0.1, -0.05) is 12.1 Å². The van der Waals surface area contributed by atoms with E-state index in [9.17, 15) is 4.79 Å². The SMILES string of the molecule is CCc1ncnc2c1CCN(C(=O)c1cc(C)on1)CC2. The number of aromatic nitrogens is 3. The summed E-state index contributed by atoms with van der Waals surface area (Å²) in [5, 5.41) is 3.81. The number of carbonyl (C=O) groups excluding carboxylic acids is 1. The van der Waals surface area contributed by atoms with Crippen LogP contribution in [0, 0.1) is 6.92 Å². The minimum atomic E-state index is -0.0781. The zero-order valence-corrected chi connectivity index (χ0v) is 12.3. The van der Waals surface area contributed by atoms with Gasteiger partial charge in [-0.3, -0.25) is 4.79 Å². The molecule has 0 atom stereocenters. The van der Waals surface area contributed by atoms with Gasteiger partial charge >= 0.3 is 0 Å². The van der Waals surface area contributed by atoms with E-state index in [1.54, 1.807) is 19.3 Å². The summed E-state index contributed by atoms with van der Waals surface area (Å²) in [7, 11) is 0. The van der Waals surface area contributed by atoms with E-state index in [1.807, 2.05) is 4.90 Å². The first-order valence-corrected chi connectivity index (χ1v) is 7.23. The Labute approximate surface area is 123 Å². The highest BCUT2D eigenvalue weighted by molar-refractivity contribution is 5.92. The first-order chi connectivity index (χ1) is 10.2. The summed E-state index contributed by atoms with van der Waals surface area (Å²) in [5.41, 5.74) is 3.73. The minimum absolute atomic E-state index is 0.0781. The quantitative estimate of drug-likeness (QED) is 0.838. The summed E-state index contributed by atoms with van der Waals surface area (Å²) < 4.78 is 4.99. The van der Waals surface area contributed by atoms with Gasteiger partial charge in [0.2, 0.25) is 0 Å². The molecule has 0 saturated heterocycles. The van der Waals surface area contributed by atoms with Crippen molar-refractivity contribution in [1.29, 1.82) is 0 Å². The molecule has 6 heteroatoms. The molecule has 0 bridgehead atoms. The van der Waals surface area contributed by atoms with E-state index in [4.69, 9.17) is 4.52 Å². The van der Waals surface area contributed by atoms with Gasteiger partial charge in [0.1, 0.15) is 12.1 Å². The van der Waals surface area contributed by atoms with Crippen molar-refractivity contribution in [3.63, 3.8) is 0 Å². The number of hydrogen-bond donors (Lipinski definition) is 0. The van der Waals surface area contributed by atoms with Gasteiger partial charge in [-0.05, 0) is 25.3 Å². The monoisotopic (exact) mass is 286 g/mol. The van der Waals surface area contributed by atoms with Crippen molar-refractivity contribution in [1.82, 2.24) is 20.0 Å². The van der Waals surface area contributed by atoms with Gasteiger partial charge in [0, 0.05) is 37.0 Å². The van der Waals surface area contributed by atoms with Crippen molar-refractivity contribution in [3.05, 3.63) is 40.8 Å². The Bertz CT molecular complexity index is 665. The number of aryl methyl sites for hydroxylation is 2. The fourth-order valence-electron chi connectivity index (χ4n) is 2.73. The zero-order valence-electron chi connectivity index (χ0n) is 12.3. The fourth-order valence-corrected chi connectivity index (χ4v) is 2.73. The summed E-state index contributed by atoms with van der Waals surface area (Å²) in [5.74, 6) is 0.571. The average molecular weight is 286 g/mol. The maximum atomic E-state index is 12.4. The van der Waals surface area contributed by atoms with Crippen LogP contribution in [0.25, 0.3) is 0 Å². The second-order valence-corrected chi connectivity index (χ2v) is 5.21. The first kappa shape index (κ1) is 13.7. The van der Waals surface area contributed by atoms with E-state index in [0.29, 0.717) is 24.5 Å². The van der Waals surface area contributed by atoms with E-state index in [2.05, 4.69) is 22.0 Å². The molecule has 1 aliphatic heterocycles. The lowest BCUT2D eigenvalue weighted by Gasteiger charge is -2.18. The lowest BCUT2D eigenvalue weighted by atomic mass is 10.1. The topological polar surface area (TPSA) is 72.1 Å². The largest absolute Gasteiger partial charge is 0.361 e. The molecule has 110 valence electrons. The Hall–Kier alpha value is -2.24. The zero-order chi connectivity index (χ0) is 14.8. The van der Waals surface area contributed by atoms with Crippen LogP contribution in [-0.2, 0) is 19.3 Å². The molecule has 0 N–H and O–H groups in total. The van der Waals surface area contributed by atoms with Crippen LogP contribution in [0.3, 0.4) is 0 Å². The van der Waals surface area contributed by atoms with Crippen LogP contribution in [0.1, 0.15) is 40.1 Å². The molecule has 1 aliphatic rings. The van der Waals surface area contributed by atoms with Crippen molar-refractivity contribution in [3.8, 4) is 0 Å². The highest BCUT2D eigenvalue weighted by Crippen LogP contribution is 2.18. The highest BCUT2D eigenvalue weighted by atomic mass is 16.5. The molecule has 0 unspecified atom stereocenters. The predicted octanol–water partition coefficient (Wildman–Crippen LogP) is 1.58. The Balaban J connectivity index is 1.80. The molecule has 6 nitrogen and oxygen atoms in total. The number of rotatable bonds is 2. The lowest BCUT2D eigenvalue weighted by Crippen LogP contribution is -2.33. The van der Waals surface area contributed by atoms with Crippen molar-refractivity contribution >= 4 is 5.91 Å². The van der Waals surface area contributed by atoms with Gasteiger partial charge in [0.05, 0.1) is 0 Å². The number of nitrogens with zero attached hydrogens (tertiary/aromatic N) is 4. The summed E-state index contributed by atoms with van der Waals surface area (Å²) in [6.45, 7) is 5.19. The standard InChI is InChI=1S/C15H18N4O2/c1-3-12-11-4-6-19(7-5-13(11)17-9-16-12)15(20)14-8-10(2)21-18-14/h8-9H,3-7H2,1-2H3. The second kappa shape index (κ2) is 5.63. The van der Waals surface area contributed by atoms with Crippen LogP contribution >= 0.6 is 0 Å². The Morgan fingerprint density at radius 3 is 2.86 bits per heavy atom. The van der Waals surface area contributed by atoms with Crippen molar-refractivity contribution in [2.75, 3.05) is 13.1 Å². The maximum Gasteiger partial charge on any atom is 0.276 e.